The molecule has 1 amide bonds. The van der Waals surface area contributed by atoms with Crippen LogP contribution in [0.5, 0.6) is 0 Å². The third-order valence-electron chi connectivity index (χ3n) is 3.84. The molecule has 0 spiro atoms. The summed E-state index contributed by atoms with van der Waals surface area (Å²) in [4.78, 5) is 12.0. The molecule has 15 heavy (non-hydrogen) atoms. The van der Waals surface area contributed by atoms with Gasteiger partial charge in [0.05, 0.1) is 5.92 Å². The van der Waals surface area contributed by atoms with Gasteiger partial charge in [-0.25, -0.2) is 0 Å². The number of hydrogen-bond acceptors (Lipinski definition) is 2. The van der Waals surface area contributed by atoms with Gasteiger partial charge in [0.2, 0.25) is 5.91 Å². The van der Waals surface area contributed by atoms with Crippen LogP contribution < -0.4 is 10.6 Å². The maximum absolute atomic E-state index is 12.0. The first-order valence-electron chi connectivity index (χ1n) is 6.05. The average molecular weight is 212 g/mol. The van der Waals surface area contributed by atoms with Gasteiger partial charge in [-0.2, -0.15) is 0 Å². The Morgan fingerprint density at radius 1 is 1.40 bits per heavy atom. The zero-order valence-corrected chi connectivity index (χ0v) is 10.4. The van der Waals surface area contributed by atoms with Gasteiger partial charge in [-0.1, -0.05) is 20.8 Å². The molecule has 1 saturated heterocycles. The van der Waals surface area contributed by atoms with Crippen LogP contribution in [-0.4, -0.2) is 24.5 Å². The van der Waals surface area contributed by atoms with Crippen molar-refractivity contribution in [1.82, 2.24) is 10.6 Å². The minimum atomic E-state index is -0.0284. The zero-order valence-electron chi connectivity index (χ0n) is 10.4. The van der Waals surface area contributed by atoms with Crippen LogP contribution in [0.15, 0.2) is 0 Å². The first-order valence-corrected chi connectivity index (χ1v) is 6.05. The van der Waals surface area contributed by atoms with Crippen molar-refractivity contribution >= 4 is 5.91 Å². The standard InChI is InChI=1S/C12H24N2O/c1-5-12(4,6-2)14-11(15)10-8-13-7-9(10)3/h9-10,13H,5-8H2,1-4H3,(H,14,15). The molecule has 2 atom stereocenters. The third kappa shape index (κ3) is 2.94. The number of hydrogen-bond donors (Lipinski definition) is 2. The second-order valence-corrected chi connectivity index (χ2v) is 5.00. The van der Waals surface area contributed by atoms with Crippen molar-refractivity contribution in [3.63, 3.8) is 0 Å². The topological polar surface area (TPSA) is 41.1 Å². The van der Waals surface area contributed by atoms with E-state index in [9.17, 15) is 4.79 Å². The number of nitrogens with one attached hydrogen (secondary N) is 2. The average Bonchev–Trinajstić information content (AvgIpc) is 2.64. The lowest BCUT2D eigenvalue weighted by molar-refractivity contribution is -0.127. The molecule has 1 aliphatic heterocycles. The Kier molecular flexibility index (Phi) is 4.14. The molecule has 0 aromatic heterocycles. The lowest BCUT2D eigenvalue weighted by Crippen LogP contribution is -2.48. The van der Waals surface area contributed by atoms with Crippen molar-refractivity contribution < 1.29 is 4.79 Å². The van der Waals surface area contributed by atoms with Gasteiger partial charge >= 0.3 is 0 Å². The summed E-state index contributed by atoms with van der Waals surface area (Å²) in [5.41, 5.74) is -0.0284. The Morgan fingerprint density at radius 2 is 2.00 bits per heavy atom. The Labute approximate surface area is 93.0 Å². The normalized spacial score (nSPS) is 26.7. The van der Waals surface area contributed by atoms with Crippen LogP contribution in [0.3, 0.4) is 0 Å². The van der Waals surface area contributed by atoms with Crippen molar-refractivity contribution in [2.45, 2.75) is 46.1 Å². The summed E-state index contributed by atoms with van der Waals surface area (Å²) in [5, 5.41) is 6.45. The summed E-state index contributed by atoms with van der Waals surface area (Å²) >= 11 is 0. The first-order chi connectivity index (χ1) is 7.02. The van der Waals surface area contributed by atoms with E-state index in [0.29, 0.717) is 5.92 Å². The van der Waals surface area contributed by atoms with Crippen LogP contribution >= 0.6 is 0 Å². The molecule has 0 aliphatic carbocycles. The molecule has 2 N–H and O–H groups in total. The van der Waals surface area contributed by atoms with Crippen LogP contribution in [0.4, 0.5) is 0 Å². The number of rotatable bonds is 4. The maximum Gasteiger partial charge on any atom is 0.225 e. The maximum atomic E-state index is 12.0. The van der Waals surface area contributed by atoms with Crippen LogP contribution in [0.1, 0.15) is 40.5 Å². The molecular formula is C12H24N2O. The van der Waals surface area contributed by atoms with Crippen LogP contribution in [-0.2, 0) is 4.79 Å². The highest BCUT2D eigenvalue weighted by atomic mass is 16.2. The molecule has 0 aromatic carbocycles. The Hall–Kier alpha value is -0.570. The lowest BCUT2D eigenvalue weighted by Gasteiger charge is -2.30. The summed E-state index contributed by atoms with van der Waals surface area (Å²) in [6.45, 7) is 10.3. The van der Waals surface area contributed by atoms with E-state index in [2.05, 4.69) is 38.3 Å². The highest BCUT2D eigenvalue weighted by Crippen LogP contribution is 2.19. The summed E-state index contributed by atoms with van der Waals surface area (Å²) in [5.74, 6) is 0.837. The molecule has 1 aliphatic rings. The predicted molar refractivity (Wildman–Crippen MR) is 62.7 cm³/mol. The molecule has 88 valence electrons. The molecule has 0 bridgehead atoms. The fourth-order valence-electron chi connectivity index (χ4n) is 1.98. The van der Waals surface area contributed by atoms with Crippen molar-refractivity contribution in [3.05, 3.63) is 0 Å². The number of amides is 1. The highest BCUT2D eigenvalue weighted by Gasteiger charge is 2.32. The molecule has 0 radical (unpaired) electrons. The largest absolute Gasteiger partial charge is 0.351 e. The van der Waals surface area contributed by atoms with Gasteiger partial charge in [0.1, 0.15) is 0 Å². The molecule has 2 unspecified atom stereocenters. The molecule has 3 heteroatoms. The van der Waals surface area contributed by atoms with Crippen molar-refractivity contribution in [2.75, 3.05) is 13.1 Å². The summed E-state index contributed by atoms with van der Waals surface area (Å²) in [6, 6.07) is 0. The fraction of sp³-hybridized carbons (Fsp3) is 0.917. The number of carbonyl (C=O) groups excluding carboxylic acids is 1. The number of carbonyl (C=O) groups is 1. The minimum Gasteiger partial charge on any atom is -0.351 e. The Balaban J connectivity index is 2.54. The van der Waals surface area contributed by atoms with Gasteiger partial charge in [-0.15, -0.1) is 0 Å². The van der Waals surface area contributed by atoms with Crippen LogP contribution in [0.2, 0.25) is 0 Å². The molecule has 3 nitrogen and oxygen atoms in total. The minimum absolute atomic E-state index is 0.0284. The molecule has 0 saturated carbocycles. The second kappa shape index (κ2) is 4.97. The van der Waals surface area contributed by atoms with Crippen molar-refractivity contribution in [3.8, 4) is 0 Å². The summed E-state index contributed by atoms with van der Waals surface area (Å²) in [6.07, 6.45) is 1.98. The van der Waals surface area contributed by atoms with Crippen molar-refractivity contribution in [1.29, 1.82) is 0 Å². The van der Waals surface area contributed by atoms with E-state index < -0.39 is 0 Å². The Bertz CT molecular complexity index is 224. The quantitative estimate of drug-likeness (QED) is 0.742. The monoisotopic (exact) mass is 212 g/mol. The van der Waals surface area contributed by atoms with E-state index in [1.807, 2.05) is 0 Å². The summed E-state index contributed by atoms with van der Waals surface area (Å²) < 4.78 is 0. The van der Waals surface area contributed by atoms with Gasteiger partial charge < -0.3 is 10.6 Å². The summed E-state index contributed by atoms with van der Waals surface area (Å²) in [7, 11) is 0. The van der Waals surface area contributed by atoms with Crippen molar-refractivity contribution in [2.24, 2.45) is 11.8 Å². The lowest BCUT2D eigenvalue weighted by atomic mass is 9.92. The third-order valence-corrected chi connectivity index (χ3v) is 3.84. The first kappa shape index (κ1) is 12.5. The van der Waals surface area contributed by atoms with E-state index in [0.717, 1.165) is 25.9 Å². The van der Waals surface area contributed by atoms with Gasteiger partial charge in [0, 0.05) is 12.1 Å². The smallest absolute Gasteiger partial charge is 0.225 e. The molecule has 1 fully saturated rings. The van der Waals surface area contributed by atoms with Gasteiger partial charge in [0.15, 0.2) is 0 Å². The van der Waals surface area contributed by atoms with E-state index >= 15 is 0 Å². The zero-order chi connectivity index (χ0) is 11.5. The van der Waals surface area contributed by atoms with E-state index in [1.165, 1.54) is 0 Å². The predicted octanol–water partition coefficient (Wildman–Crippen LogP) is 1.54. The van der Waals surface area contributed by atoms with E-state index in [1.54, 1.807) is 0 Å². The van der Waals surface area contributed by atoms with Crippen LogP contribution in [0, 0.1) is 11.8 Å². The van der Waals surface area contributed by atoms with Crippen LogP contribution in [0.25, 0.3) is 0 Å². The molecular weight excluding hydrogens is 188 g/mol. The Morgan fingerprint density at radius 3 is 2.40 bits per heavy atom. The van der Waals surface area contributed by atoms with Gasteiger partial charge in [-0.3, -0.25) is 4.79 Å². The highest BCUT2D eigenvalue weighted by molar-refractivity contribution is 5.80. The fourth-order valence-corrected chi connectivity index (χ4v) is 1.98. The second-order valence-electron chi connectivity index (χ2n) is 5.00. The van der Waals surface area contributed by atoms with Gasteiger partial charge in [-0.05, 0) is 32.2 Å². The van der Waals surface area contributed by atoms with E-state index in [-0.39, 0.29) is 17.4 Å². The molecule has 1 heterocycles. The van der Waals surface area contributed by atoms with Gasteiger partial charge in [0.25, 0.3) is 0 Å². The van der Waals surface area contributed by atoms with E-state index in [4.69, 9.17) is 0 Å². The molecule has 1 rings (SSSR count). The molecule has 0 aromatic rings. The SMILES string of the molecule is CCC(C)(CC)NC(=O)C1CNCC1C.